The van der Waals surface area contributed by atoms with Gasteiger partial charge in [0.15, 0.2) is 0 Å². The van der Waals surface area contributed by atoms with Crippen molar-refractivity contribution >= 4 is 23.4 Å². The normalized spacial score (nSPS) is 10.5. The van der Waals surface area contributed by atoms with Crippen LogP contribution in [0.5, 0.6) is 0 Å². The van der Waals surface area contributed by atoms with Crippen molar-refractivity contribution in [1.29, 1.82) is 0 Å². The molecule has 102 valence electrons. The van der Waals surface area contributed by atoms with Crippen LogP contribution in [0.1, 0.15) is 22.8 Å². The molecule has 0 atom stereocenters. The Morgan fingerprint density at radius 2 is 1.65 bits per heavy atom. The van der Waals surface area contributed by atoms with Gasteiger partial charge >= 0.3 is 0 Å². The minimum Gasteiger partial charge on any atom is -0.386 e. The van der Waals surface area contributed by atoms with E-state index >= 15 is 0 Å². The molecule has 0 heterocycles. The lowest BCUT2D eigenvalue weighted by atomic mass is 10.1. The summed E-state index contributed by atoms with van der Waals surface area (Å²) in [6, 6.07) is 15.2. The van der Waals surface area contributed by atoms with E-state index in [0.717, 1.165) is 16.9 Å². The van der Waals surface area contributed by atoms with Crippen LogP contribution in [0.4, 0.5) is 11.4 Å². The molecule has 1 amide bonds. The molecule has 0 spiro atoms. The minimum atomic E-state index is -0.110. The molecule has 2 N–H and O–H groups in total. The fourth-order valence-electron chi connectivity index (χ4n) is 2.03. The fraction of sp³-hybridized carbons (Fsp3) is 0.118. The Morgan fingerprint density at radius 1 is 1.00 bits per heavy atom. The summed E-state index contributed by atoms with van der Waals surface area (Å²) in [5.74, 6) is -0.110. The molecule has 2 aromatic carbocycles. The van der Waals surface area contributed by atoms with Gasteiger partial charge < -0.3 is 10.6 Å². The van der Waals surface area contributed by atoms with E-state index < -0.39 is 0 Å². The van der Waals surface area contributed by atoms with Crippen LogP contribution in [0, 0.1) is 0 Å². The predicted molar refractivity (Wildman–Crippen MR) is 85.1 cm³/mol. The molecule has 3 nitrogen and oxygen atoms in total. The average molecular weight is 266 g/mol. The van der Waals surface area contributed by atoms with E-state index in [-0.39, 0.29) is 5.91 Å². The second-order valence-corrected chi connectivity index (χ2v) is 4.34. The van der Waals surface area contributed by atoms with Crippen LogP contribution in [0.15, 0.2) is 54.6 Å². The number of benzene rings is 2. The Labute approximate surface area is 119 Å². The molecule has 0 bridgehead atoms. The van der Waals surface area contributed by atoms with Gasteiger partial charge in [0.05, 0.1) is 11.4 Å². The zero-order valence-electron chi connectivity index (χ0n) is 11.7. The van der Waals surface area contributed by atoms with E-state index in [1.54, 1.807) is 0 Å². The summed E-state index contributed by atoms with van der Waals surface area (Å²) in [4.78, 5) is 12.4. The number of carbonyl (C=O) groups excluding carboxylic acids is 1. The molecular formula is C17H18N2O. The molecule has 2 aromatic rings. The number of rotatable bonds is 4. The molecule has 0 aromatic heterocycles. The van der Waals surface area contributed by atoms with Crippen LogP contribution in [-0.4, -0.2) is 13.0 Å². The first-order chi connectivity index (χ1) is 9.76. The van der Waals surface area contributed by atoms with Crippen molar-refractivity contribution in [2.75, 3.05) is 17.7 Å². The quantitative estimate of drug-likeness (QED) is 0.877. The number of nitrogens with one attached hydrogen (secondary N) is 2. The van der Waals surface area contributed by atoms with Crippen molar-refractivity contribution < 1.29 is 4.79 Å². The maximum absolute atomic E-state index is 12.4. The molecule has 0 saturated carbocycles. The van der Waals surface area contributed by atoms with Crippen molar-refractivity contribution in [2.45, 2.75) is 6.92 Å². The third-order valence-electron chi connectivity index (χ3n) is 3.00. The average Bonchev–Trinajstić information content (AvgIpc) is 2.48. The molecule has 3 heteroatoms. The maximum atomic E-state index is 12.4. The van der Waals surface area contributed by atoms with Crippen molar-refractivity contribution in [1.82, 2.24) is 0 Å². The van der Waals surface area contributed by atoms with Gasteiger partial charge in [-0.15, -0.1) is 0 Å². The fourth-order valence-corrected chi connectivity index (χ4v) is 2.03. The number of anilines is 2. The number of allylic oxidation sites excluding steroid dienone is 1. The van der Waals surface area contributed by atoms with Crippen molar-refractivity contribution in [3.05, 3.63) is 65.7 Å². The zero-order valence-corrected chi connectivity index (χ0v) is 11.7. The number of hydrogen-bond donors (Lipinski definition) is 2. The van der Waals surface area contributed by atoms with Gasteiger partial charge in [0, 0.05) is 12.6 Å². The largest absolute Gasteiger partial charge is 0.386 e. The molecule has 0 radical (unpaired) electrons. The summed E-state index contributed by atoms with van der Waals surface area (Å²) >= 11 is 0. The monoisotopic (exact) mass is 266 g/mol. The lowest BCUT2D eigenvalue weighted by Crippen LogP contribution is -2.14. The summed E-state index contributed by atoms with van der Waals surface area (Å²) in [6.45, 7) is 1.94. The van der Waals surface area contributed by atoms with Gasteiger partial charge in [-0.05, 0) is 30.7 Å². The van der Waals surface area contributed by atoms with E-state index in [2.05, 4.69) is 10.6 Å². The predicted octanol–water partition coefficient (Wildman–Crippen LogP) is 4.01. The Morgan fingerprint density at radius 3 is 2.35 bits per heavy atom. The van der Waals surface area contributed by atoms with Crippen LogP contribution in [0.2, 0.25) is 0 Å². The number of para-hydroxylation sites is 2. The van der Waals surface area contributed by atoms with Gasteiger partial charge in [-0.25, -0.2) is 0 Å². The standard InChI is InChI=1S/C17H18N2O/c1-3-8-13-9-4-5-10-14(13)17(20)19-16-12-7-6-11-15(16)18-2/h3-12,18H,1-2H3,(H,19,20). The van der Waals surface area contributed by atoms with Gasteiger partial charge in [0.2, 0.25) is 0 Å². The van der Waals surface area contributed by atoms with E-state index in [0.29, 0.717) is 5.56 Å². The van der Waals surface area contributed by atoms with Crippen molar-refractivity contribution in [3.63, 3.8) is 0 Å². The summed E-state index contributed by atoms with van der Waals surface area (Å²) in [6.07, 6.45) is 3.85. The van der Waals surface area contributed by atoms with E-state index in [1.807, 2.05) is 74.7 Å². The van der Waals surface area contributed by atoms with Gasteiger partial charge in [-0.2, -0.15) is 0 Å². The first-order valence-corrected chi connectivity index (χ1v) is 6.56. The van der Waals surface area contributed by atoms with Crippen LogP contribution in [-0.2, 0) is 0 Å². The highest BCUT2D eigenvalue weighted by atomic mass is 16.1. The molecule has 2 rings (SSSR count). The van der Waals surface area contributed by atoms with Gasteiger partial charge in [-0.1, -0.05) is 42.5 Å². The first kappa shape index (κ1) is 13.9. The lowest BCUT2D eigenvalue weighted by Gasteiger charge is -2.11. The second kappa shape index (κ2) is 6.57. The zero-order chi connectivity index (χ0) is 14.4. The molecule has 0 aliphatic rings. The van der Waals surface area contributed by atoms with E-state index in [4.69, 9.17) is 0 Å². The molecule has 0 fully saturated rings. The van der Waals surface area contributed by atoms with Gasteiger partial charge in [0.25, 0.3) is 5.91 Å². The van der Waals surface area contributed by atoms with Gasteiger partial charge in [0.1, 0.15) is 0 Å². The molecule has 20 heavy (non-hydrogen) atoms. The highest BCUT2D eigenvalue weighted by molar-refractivity contribution is 6.08. The maximum Gasteiger partial charge on any atom is 0.256 e. The number of carbonyl (C=O) groups is 1. The summed E-state index contributed by atoms with van der Waals surface area (Å²) in [5.41, 5.74) is 3.24. The molecule has 0 aliphatic carbocycles. The van der Waals surface area contributed by atoms with Crippen molar-refractivity contribution in [3.8, 4) is 0 Å². The lowest BCUT2D eigenvalue weighted by molar-refractivity contribution is 0.102. The third kappa shape index (κ3) is 3.06. The minimum absolute atomic E-state index is 0.110. The Balaban J connectivity index is 2.29. The van der Waals surface area contributed by atoms with E-state index in [1.165, 1.54) is 0 Å². The molecule has 0 unspecified atom stereocenters. The topological polar surface area (TPSA) is 41.1 Å². The van der Waals surface area contributed by atoms with Crippen LogP contribution >= 0.6 is 0 Å². The second-order valence-electron chi connectivity index (χ2n) is 4.34. The van der Waals surface area contributed by atoms with E-state index in [9.17, 15) is 4.79 Å². The Bertz CT molecular complexity index is 632. The van der Waals surface area contributed by atoms with Crippen LogP contribution in [0.3, 0.4) is 0 Å². The summed E-state index contributed by atoms with van der Waals surface area (Å²) in [7, 11) is 1.83. The Kier molecular flexibility index (Phi) is 4.56. The number of hydrogen-bond acceptors (Lipinski definition) is 2. The SMILES string of the molecule is CC=Cc1ccccc1C(=O)Nc1ccccc1NC. The summed E-state index contributed by atoms with van der Waals surface area (Å²) < 4.78 is 0. The molecule has 0 saturated heterocycles. The van der Waals surface area contributed by atoms with Crippen LogP contribution in [0.25, 0.3) is 6.08 Å². The highest BCUT2D eigenvalue weighted by Gasteiger charge is 2.10. The smallest absolute Gasteiger partial charge is 0.256 e. The summed E-state index contributed by atoms with van der Waals surface area (Å²) in [5, 5.41) is 6.00. The van der Waals surface area contributed by atoms with Gasteiger partial charge in [-0.3, -0.25) is 4.79 Å². The number of amides is 1. The first-order valence-electron chi connectivity index (χ1n) is 6.56. The molecular weight excluding hydrogens is 248 g/mol. The Hall–Kier alpha value is -2.55. The van der Waals surface area contributed by atoms with Crippen molar-refractivity contribution in [2.24, 2.45) is 0 Å². The molecule has 0 aliphatic heterocycles. The highest BCUT2D eigenvalue weighted by Crippen LogP contribution is 2.21. The van der Waals surface area contributed by atoms with Crippen LogP contribution < -0.4 is 10.6 Å². The third-order valence-corrected chi connectivity index (χ3v) is 3.00.